The zero-order valence-electron chi connectivity index (χ0n) is 11.3. The predicted molar refractivity (Wildman–Crippen MR) is 75.1 cm³/mol. The molecule has 0 N–H and O–H groups in total. The predicted octanol–water partition coefficient (Wildman–Crippen LogP) is 2.64. The number of esters is 1. The Balaban J connectivity index is 2.22. The van der Waals surface area contributed by atoms with Crippen molar-refractivity contribution in [2.45, 2.75) is 13.3 Å². The van der Waals surface area contributed by atoms with Crippen molar-refractivity contribution in [2.24, 2.45) is 5.41 Å². The summed E-state index contributed by atoms with van der Waals surface area (Å²) in [5.74, 6) is -0.252. The second-order valence-electron chi connectivity index (χ2n) is 5.12. The first kappa shape index (κ1) is 14.6. The SMILES string of the molecule is COC(=O)C1(C)CCN(c2ccc([N+](=O)[O-])cc2Cl)C1. The van der Waals surface area contributed by atoms with Gasteiger partial charge in [-0.25, -0.2) is 0 Å². The van der Waals surface area contributed by atoms with Crippen LogP contribution >= 0.6 is 11.6 Å². The van der Waals surface area contributed by atoms with Gasteiger partial charge < -0.3 is 9.64 Å². The molecule has 1 saturated heterocycles. The summed E-state index contributed by atoms with van der Waals surface area (Å²) < 4.78 is 4.81. The molecule has 0 aromatic heterocycles. The molecule has 1 fully saturated rings. The number of anilines is 1. The Morgan fingerprint density at radius 2 is 2.25 bits per heavy atom. The van der Waals surface area contributed by atoms with Crippen LogP contribution in [-0.4, -0.2) is 31.1 Å². The van der Waals surface area contributed by atoms with Crippen molar-refractivity contribution < 1.29 is 14.5 Å². The number of methoxy groups -OCH3 is 1. The van der Waals surface area contributed by atoms with Gasteiger partial charge in [-0.3, -0.25) is 14.9 Å². The van der Waals surface area contributed by atoms with E-state index in [0.29, 0.717) is 30.2 Å². The summed E-state index contributed by atoms with van der Waals surface area (Å²) in [6.07, 6.45) is 0.660. The highest BCUT2D eigenvalue weighted by Crippen LogP contribution is 2.38. The number of hydrogen-bond donors (Lipinski definition) is 0. The van der Waals surface area contributed by atoms with Gasteiger partial charge in [0.05, 0.1) is 28.2 Å². The van der Waals surface area contributed by atoms with Gasteiger partial charge in [-0.15, -0.1) is 0 Å². The van der Waals surface area contributed by atoms with Crippen molar-refractivity contribution in [3.63, 3.8) is 0 Å². The molecule has 1 aliphatic heterocycles. The van der Waals surface area contributed by atoms with Crippen LogP contribution in [0.15, 0.2) is 18.2 Å². The molecule has 1 atom stereocenters. The lowest BCUT2D eigenvalue weighted by Crippen LogP contribution is -2.33. The number of nitro groups is 1. The van der Waals surface area contributed by atoms with E-state index < -0.39 is 10.3 Å². The monoisotopic (exact) mass is 298 g/mol. The molecule has 1 aliphatic rings. The Morgan fingerprint density at radius 3 is 2.80 bits per heavy atom. The van der Waals surface area contributed by atoms with Crippen LogP contribution in [0.5, 0.6) is 0 Å². The smallest absolute Gasteiger partial charge is 0.313 e. The molecule has 2 rings (SSSR count). The molecule has 0 saturated carbocycles. The minimum absolute atomic E-state index is 0.0475. The zero-order valence-corrected chi connectivity index (χ0v) is 12.0. The summed E-state index contributed by atoms with van der Waals surface area (Å²) in [5, 5.41) is 11.0. The first-order chi connectivity index (χ1) is 9.37. The van der Waals surface area contributed by atoms with Crippen molar-refractivity contribution >= 4 is 28.9 Å². The maximum absolute atomic E-state index is 11.8. The van der Waals surface area contributed by atoms with Crippen molar-refractivity contribution in [2.75, 3.05) is 25.1 Å². The normalized spacial score (nSPS) is 21.9. The van der Waals surface area contributed by atoms with Crippen LogP contribution < -0.4 is 4.90 Å². The summed E-state index contributed by atoms with van der Waals surface area (Å²) in [7, 11) is 1.37. The van der Waals surface area contributed by atoms with Gasteiger partial charge in [0.1, 0.15) is 0 Å². The standard InChI is InChI=1S/C13H15ClN2O4/c1-13(12(17)20-2)5-6-15(8-13)11-4-3-9(16(18)19)7-10(11)14/h3-4,7H,5-6,8H2,1-2H3. The van der Waals surface area contributed by atoms with Gasteiger partial charge in [-0.1, -0.05) is 11.6 Å². The van der Waals surface area contributed by atoms with Crippen LogP contribution in [-0.2, 0) is 9.53 Å². The van der Waals surface area contributed by atoms with Crippen LogP contribution in [0.3, 0.4) is 0 Å². The molecular formula is C13H15ClN2O4. The minimum Gasteiger partial charge on any atom is -0.469 e. The molecule has 1 heterocycles. The van der Waals surface area contributed by atoms with Crippen molar-refractivity contribution in [1.82, 2.24) is 0 Å². The number of non-ortho nitro benzene ring substituents is 1. The lowest BCUT2D eigenvalue weighted by atomic mass is 9.90. The Hall–Kier alpha value is -1.82. The van der Waals surface area contributed by atoms with Gasteiger partial charge in [-0.05, 0) is 19.4 Å². The third kappa shape index (κ3) is 2.56. The van der Waals surface area contributed by atoms with Crippen molar-refractivity contribution in [3.8, 4) is 0 Å². The zero-order chi connectivity index (χ0) is 14.9. The van der Waals surface area contributed by atoms with Crippen LogP contribution in [0, 0.1) is 15.5 Å². The summed E-state index contributed by atoms with van der Waals surface area (Å²) in [6.45, 7) is 2.98. The number of ether oxygens (including phenoxy) is 1. The highest BCUT2D eigenvalue weighted by atomic mass is 35.5. The molecule has 0 radical (unpaired) electrons. The summed E-state index contributed by atoms with van der Waals surface area (Å²) in [6, 6.07) is 4.35. The van der Waals surface area contributed by atoms with Gasteiger partial charge in [0.25, 0.3) is 5.69 Å². The lowest BCUT2D eigenvalue weighted by Gasteiger charge is -2.23. The molecule has 0 bridgehead atoms. The fraction of sp³-hybridized carbons (Fsp3) is 0.462. The van der Waals surface area contributed by atoms with Crippen LogP contribution in [0.2, 0.25) is 5.02 Å². The van der Waals surface area contributed by atoms with E-state index in [2.05, 4.69) is 0 Å². The molecule has 0 aliphatic carbocycles. The number of nitro benzene ring substituents is 1. The van der Waals surface area contributed by atoms with Crippen molar-refractivity contribution in [1.29, 1.82) is 0 Å². The number of carbonyl (C=O) groups excluding carboxylic acids is 1. The quantitative estimate of drug-likeness (QED) is 0.487. The maximum atomic E-state index is 11.8. The van der Waals surface area contributed by atoms with E-state index in [1.54, 1.807) is 6.07 Å². The average molecular weight is 299 g/mol. The lowest BCUT2D eigenvalue weighted by molar-refractivity contribution is -0.384. The van der Waals surface area contributed by atoms with E-state index in [0.717, 1.165) is 0 Å². The Bertz CT molecular complexity index is 563. The topological polar surface area (TPSA) is 72.7 Å². The van der Waals surface area contributed by atoms with Crippen LogP contribution in [0.25, 0.3) is 0 Å². The van der Waals surface area contributed by atoms with Gasteiger partial charge in [0.2, 0.25) is 0 Å². The van der Waals surface area contributed by atoms with Gasteiger partial charge in [-0.2, -0.15) is 0 Å². The van der Waals surface area contributed by atoms with E-state index >= 15 is 0 Å². The van der Waals surface area contributed by atoms with Gasteiger partial charge in [0, 0.05) is 25.2 Å². The van der Waals surface area contributed by atoms with Crippen molar-refractivity contribution in [3.05, 3.63) is 33.3 Å². The number of nitrogens with zero attached hydrogens (tertiary/aromatic N) is 2. The summed E-state index contributed by atoms with van der Waals surface area (Å²) >= 11 is 6.10. The number of carbonyl (C=O) groups is 1. The molecule has 0 amide bonds. The molecule has 1 aromatic rings. The molecule has 1 aromatic carbocycles. The first-order valence-electron chi connectivity index (χ1n) is 6.15. The molecule has 20 heavy (non-hydrogen) atoms. The van der Waals surface area contributed by atoms with Crippen LogP contribution in [0.1, 0.15) is 13.3 Å². The summed E-state index contributed by atoms with van der Waals surface area (Å²) in [4.78, 5) is 23.9. The first-order valence-corrected chi connectivity index (χ1v) is 6.52. The minimum atomic E-state index is -0.570. The largest absolute Gasteiger partial charge is 0.469 e. The third-order valence-electron chi connectivity index (χ3n) is 3.63. The number of halogens is 1. The highest BCUT2D eigenvalue weighted by molar-refractivity contribution is 6.33. The number of hydrogen-bond acceptors (Lipinski definition) is 5. The van der Waals surface area contributed by atoms with Gasteiger partial charge >= 0.3 is 5.97 Å². The fourth-order valence-corrected chi connectivity index (χ4v) is 2.74. The molecule has 0 spiro atoms. The molecule has 1 unspecified atom stereocenters. The third-order valence-corrected chi connectivity index (χ3v) is 3.94. The van der Waals surface area contributed by atoms with E-state index in [-0.39, 0.29) is 11.7 Å². The highest BCUT2D eigenvalue weighted by Gasteiger charge is 2.41. The average Bonchev–Trinajstić information content (AvgIpc) is 2.81. The molecule has 7 heteroatoms. The second kappa shape index (κ2) is 5.28. The Morgan fingerprint density at radius 1 is 1.55 bits per heavy atom. The molecular weight excluding hydrogens is 284 g/mol. The maximum Gasteiger partial charge on any atom is 0.313 e. The summed E-state index contributed by atoms with van der Waals surface area (Å²) in [5.41, 5.74) is 0.0819. The Labute approximate surface area is 121 Å². The second-order valence-corrected chi connectivity index (χ2v) is 5.52. The number of rotatable bonds is 3. The van der Waals surface area contributed by atoms with Gasteiger partial charge in [0.15, 0.2) is 0 Å². The Kier molecular flexibility index (Phi) is 3.85. The molecule has 108 valence electrons. The van der Waals surface area contributed by atoms with E-state index in [1.165, 1.54) is 19.2 Å². The van der Waals surface area contributed by atoms with Crippen LogP contribution in [0.4, 0.5) is 11.4 Å². The fourth-order valence-electron chi connectivity index (χ4n) is 2.45. The van der Waals surface area contributed by atoms with E-state index in [1.807, 2.05) is 11.8 Å². The molecule has 6 nitrogen and oxygen atoms in total. The van der Waals surface area contributed by atoms with E-state index in [4.69, 9.17) is 16.3 Å². The van der Waals surface area contributed by atoms with E-state index in [9.17, 15) is 14.9 Å². The number of benzene rings is 1.